The van der Waals surface area contributed by atoms with E-state index in [1.165, 1.54) is 0 Å². The van der Waals surface area contributed by atoms with E-state index in [1.54, 1.807) is 49.6 Å². The van der Waals surface area contributed by atoms with Crippen LogP contribution in [0.2, 0.25) is 0 Å². The van der Waals surface area contributed by atoms with E-state index in [2.05, 4.69) is 15.9 Å². The summed E-state index contributed by atoms with van der Waals surface area (Å²) in [6.45, 7) is 0.940. The number of benzene rings is 2. The van der Waals surface area contributed by atoms with Gasteiger partial charge in [-0.3, -0.25) is 4.79 Å². The molecule has 1 saturated heterocycles. The van der Waals surface area contributed by atoms with Crippen LogP contribution in [-0.4, -0.2) is 44.8 Å². The summed E-state index contributed by atoms with van der Waals surface area (Å²) >= 11 is 3.33. The third kappa shape index (κ3) is 5.33. The Labute approximate surface area is 171 Å². The van der Waals surface area contributed by atoms with Crippen LogP contribution in [0.3, 0.4) is 0 Å². The Bertz CT molecular complexity index is 827. The van der Waals surface area contributed by atoms with Crippen LogP contribution in [0.5, 0.6) is 11.5 Å². The van der Waals surface area contributed by atoms with Gasteiger partial charge in [0.05, 0.1) is 23.2 Å². The van der Waals surface area contributed by atoms with Gasteiger partial charge in [0.25, 0.3) is 0 Å². The van der Waals surface area contributed by atoms with Crippen LogP contribution in [0.1, 0.15) is 33.6 Å². The number of hydrogen-bond acceptors (Lipinski definition) is 6. The van der Waals surface area contributed by atoms with Gasteiger partial charge in [-0.1, -0.05) is 0 Å². The molecule has 0 unspecified atom stereocenters. The summed E-state index contributed by atoms with van der Waals surface area (Å²) in [6, 6.07) is 11.6. The first-order valence-corrected chi connectivity index (χ1v) is 9.74. The molecule has 0 aliphatic carbocycles. The number of carbonyl (C=O) groups excluding carboxylic acids is 2. The predicted octanol–water partition coefficient (Wildman–Crippen LogP) is 4.06. The van der Waals surface area contributed by atoms with Crippen LogP contribution in [0.4, 0.5) is 0 Å². The summed E-state index contributed by atoms with van der Waals surface area (Å²) in [4.78, 5) is 24.4. The lowest BCUT2D eigenvalue weighted by molar-refractivity contribution is 0.0474. The van der Waals surface area contributed by atoms with E-state index >= 15 is 0 Å². The zero-order valence-electron chi connectivity index (χ0n) is 15.5. The number of esters is 1. The van der Waals surface area contributed by atoms with E-state index in [0.717, 1.165) is 19.4 Å². The maximum absolute atomic E-state index is 12.2. The number of hydrogen-bond donors (Lipinski definition) is 0. The lowest BCUT2D eigenvalue weighted by Gasteiger charge is -2.11. The summed E-state index contributed by atoms with van der Waals surface area (Å²) in [5.74, 6) is 0.418. The van der Waals surface area contributed by atoms with Crippen LogP contribution in [0.25, 0.3) is 0 Å². The Hall–Kier alpha value is -2.38. The van der Waals surface area contributed by atoms with Gasteiger partial charge in [0, 0.05) is 12.2 Å². The topological polar surface area (TPSA) is 71.1 Å². The third-order valence-electron chi connectivity index (χ3n) is 4.36. The zero-order chi connectivity index (χ0) is 19.9. The zero-order valence-corrected chi connectivity index (χ0v) is 17.1. The van der Waals surface area contributed by atoms with E-state index in [1.807, 2.05) is 0 Å². The molecule has 0 bridgehead atoms. The van der Waals surface area contributed by atoms with Gasteiger partial charge in [-0.2, -0.15) is 0 Å². The maximum atomic E-state index is 12.2. The average molecular weight is 449 g/mol. The first-order chi connectivity index (χ1) is 13.6. The summed E-state index contributed by atoms with van der Waals surface area (Å²) < 4.78 is 22.1. The second-order valence-electron chi connectivity index (χ2n) is 6.32. The van der Waals surface area contributed by atoms with Crippen LogP contribution >= 0.6 is 15.9 Å². The van der Waals surface area contributed by atoms with Crippen LogP contribution in [-0.2, 0) is 9.47 Å². The molecule has 3 rings (SSSR count). The SMILES string of the molecule is COc1ccc(C(=O)COC(=O)c2ccc(OC[C@H]3CCCO3)cc2)cc1Br. The van der Waals surface area contributed by atoms with Crippen molar-refractivity contribution in [2.45, 2.75) is 18.9 Å². The van der Waals surface area contributed by atoms with E-state index in [4.69, 9.17) is 18.9 Å². The van der Waals surface area contributed by atoms with Crippen molar-refractivity contribution in [3.05, 3.63) is 58.1 Å². The quantitative estimate of drug-likeness (QED) is 0.447. The Morgan fingerprint density at radius 2 is 1.89 bits per heavy atom. The molecule has 0 aromatic heterocycles. The van der Waals surface area contributed by atoms with Crippen molar-refractivity contribution in [2.75, 3.05) is 26.9 Å². The Morgan fingerprint density at radius 1 is 1.14 bits per heavy atom. The highest BCUT2D eigenvalue weighted by atomic mass is 79.9. The van der Waals surface area contributed by atoms with Crippen molar-refractivity contribution in [2.24, 2.45) is 0 Å². The highest BCUT2D eigenvalue weighted by molar-refractivity contribution is 9.10. The van der Waals surface area contributed by atoms with Gasteiger partial charge in [-0.05, 0) is 71.2 Å². The largest absolute Gasteiger partial charge is 0.496 e. The number of halogens is 1. The number of ether oxygens (including phenoxy) is 4. The molecule has 28 heavy (non-hydrogen) atoms. The molecule has 148 valence electrons. The van der Waals surface area contributed by atoms with Gasteiger partial charge < -0.3 is 18.9 Å². The van der Waals surface area contributed by atoms with Crippen molar-refractivity contribution in [1.29, 1.82) is 0 Å². The second-order valence-corrected chi connectivity index (χ2v) is 7.17. The molecule has 2 aromatic carbocycles. The smallest absolute Gasteiger partial charge is 0.338 e. The van der Waals surface area contributed by atoms with Gasteiger partial charge in [-0.25, -0.2) is 4.79 Å². The van der Waals surface area contributed by atoms with Crippen molar-refractivity contribution >= 4 is 27.7 Å². The molecule has 0 radical (unpaired) electrons. The first kappa shape index (κ1) is 20.4. The van der Waals surface area contributed by atoms with Crippen molar-refractivity contribution in [1.82, 2.24) is 0 Å². The molecule has 2 aromatic rings. The molecule has 1 atom stereocenters. The molecular weight excluding hydrogens is 428 g/mol. The molecule has 6 nitrogen and oxygen atoms in total. The molecule has 0 N–H and O–H groups in total. The number of ketones is 1. The minimum atomic E-state index is -0.563. The van der Waals surface area contributed by atoms with Gasteiger partial charge >= 0.3 is 5.97 Å². The first-order valence-electron chi connectivity index (χ1n) is 8.95. The lowest BCUT2D eigenvalue weighted by atomic mass is 10.1. The van der Waals surface area contributed by atoms with Crippen molar-refractivity contribution in [3.8, 4) is 11.5 Å². The minimum absolute atomic E-state index is 0.133. The van der Waals surface area contributed by atoms with Crippen LogP contribution in [0, 0.1) is 0 Å². The molecular formula is C21H21BrO6. The number of carbonyl (C=O) groups is 2. The maximum Gasteiger partial charge on any atom is 0.338 e. The number of rotatable bonds is 8. The molecule has 0 spiro atoms. The van der Waals surface area contributed by atoms with Gasteiger partial charge in [0.15, 0.2) is 12.4 Å². The monoisotopic (exact) mass is 448 g/mol. The Kier molecular flexibility index (Phi) is 7.06. The highest BCUT2D eigenvalue weighted by Gasteiger charge is 2.16. The predicted molar refractivity (Wildman–Crippen MR) is 106 cm³/mol. The van der Waals surface area contributed by atoms with Crippen LogP contribution in [0.15, 0.2) is 46.9 Å². The van der Waals surface area contributed by atoms with E-state index in [9.17, 15) is 9.59 Å². The van der Waals surface area contributed by atoms with Crippen LogP contribution < -0.4 is 9.47 Å². The van der Waals surface area contributed by atoms with Crippen molar-refractivity contribution < 1.29 is 28.5 Å². The number of Topliss-reactive ketones (excluding diaryl/α,β-unsaturated/α-hetero) is 1. The molecule has 7 heteroatoms. The summed E-state index contributed by atoms with van der Waals surface area (Å²) in [6.07, 6.45) is 2.20. The average Bonchev–Trinajstić information content (AvgIpc) is 3.24. The summed E-state index contributed by atoms with van der Waals surface area (Å²) in [5.41, 5.74) is 0.784. The molecule has 0 saturated carbocycles. The van der Waals surface area contributed by atoms with E-state index in [-0.39, 0.29) is 18.5 Å². The highest BCUT2D eigenvalue weighted by Crippen LogP contribution is 2.25. The van der Waals surface area contributed by atoms with E-state index in [0.29, 0.717) is 33.7 Å². The fourth-order valence-corrected chi connectivity index (χ4v) is 3.33. The molecule has 1 fully saturated rings. The summed E-state index contributed by atoms with van der Waals surface area (Å²) in [5, 5.41) is 0. The lowest BCUT2D eigenvalue weighted by Crippen LogP contribution is -2.16. The fraction of sp³-hybridized carbons (Fsp3) is 0.333. The number of methoxy groups -OCH3 is 1. The van der Waals surface area contributed by atoms with Gasteiger partial charge in [0.1, 0.15) is 18.1 Å². The molecule has 1 aliphatic rings. The second kappa shape index (κ2) is 9.71. The standard InChI is InChI=1S/C21H21BrO6/c1-25-20-9-6-15(11-18(20)22)19(23)13-28-21(24)14-4-7-16(8-5-14)27-12-17-3-2-10-26-17/h4-9,11,17H,2-3,10,12-13H2,1H3/t17-/m1/s1. The molecule has 1 aliphatic heterocycles. The summed E-state index contributed by atoms with van der Waals surface area (Å²) in [7, 11) is 1.54. The minimum Gasteiger partial charge on any atom is -0.496 e. The Balaban J connectivity index is 1.50. The normalized spacial score (nSPS) is 15.9. The van der Waals surface area contributed by atoms with Gasteiger partial charge in [-0.15, -0.1) is 0 Å². The Morgan fingerprint density at radius 3 is 2.54 bits per heavy atom. The fourth-order valence-electron chi connectivity index (χ4n) is 2.79. The third-order valence-corrected chi connectivity index (χ3v) is 4.98. The molecule has 0 amide bonds. The molecule has 1 heterocycles. The van der Waals surface area contributed by atoms with Crippen molar-refractivity contribution in [3.63, 3.8) is 0 Å². The van der Waals surface area contributed by atoms with Gasteiger partial charge in [0.2, 0.25) is 0 Å². The van der Waals surface area contributed by atoms with E-state index < -0.39 is 5.97 Å².